The van der Waals surface area contributed by atoms with Crippen LogP contribution < -0.4 is 10.2 Å². The van der Waals surface area contributed by atoms with Crippen LogP contribution in [0.1, 0.15) is 12.8 Å². The number of hydrogen-bond donors (Lipinski definition) is 2. The van der Waals surface area contributed by atoms with E-state index in [1.54, 1.807) is 6.07 Å². The Hall–Kier alpha value is -3.27. The maximum atomic E-state index is 14.9. The van der Waals surface area contributed by atoms with Crippen LogP contribution in [0.3, 0.4) is 0 Å². The molecule has 2 heterocycles. The van der Waals surface area contributed by atoms with Gasteiger partial charge in [0.15, 0.2) is 6.19 Å². The van der Waals surface area contributed by atoms with Crippen LogP contribution in [-0.4, -0.2) is 34.9 Å². The van der Waals surface area contributed by atoms with Gasteiger partial charge in [-0.25, -0.2) is 13.8 Å². The lowest BCUT2D eigenvalue weighted by Crippen LogP contribution is -2.47. The fraction of sp³-hybridized carbons (Fsp3) is 0.263. The van der Waals surface area contributed by atoms with E-state index in [1.165, 1.54) is 10.6 Å². The summed E-state index contributed by atoms with van der Waals surface area (Å²) in [6.45, 7) is 1.04. The number of anilines is 1. The summed E-state index contributed by atoms with van der Waals surface area (Å²) in [5.41, 5.74) is 1.82. The molecular weight excluding hydrogens is 335 g/mol. The van der Waals surface area contributed by atoms with Crippen LogP contribution in [0.5, 0.6) is 0 Å². The number of carboxylic acid groups (broad SMARTS) is 1. The van der Waals surface area contributed by atoms with Gasteiger partial charge in [-0.1, -0.05) is 18.2 Å². The number of fused-ring (bicyclic) bond motifs is 3. The van der Waals surface area contributed by atoms with Gasteiger partial charge in [-0.2, -0.15) is 5.26 Å². The summed E-state index contributed by atoms with van der Waals surface area (Å²) in [6.07, 6.45) is 2.57. The van der Waals surface area contributed by atoms with Crippen molar-refractivity contribution < 1.29 is 14.3 Å². The number of carbonyl (C=O) groups is 1. The first-order chi connectivity index (χ1) is 12.6. The summed E-state index contributed by atoms with van der Waals surface area (Å²) in [7, 11) is 0. The molecule has 1 aromatic heterocycles. The number of nitrogens with one attached hydrogen (secondary N) is 1. The zero-order valence-electron chi connectivity index (χ0n) is 13.9. The molecule has 4 rings (SSSR count). The van der Waals surface area contributed by atoms with Gasteiger partial charge in [0.25, 0.3) is 0 Å². The molecule has 0 radical (unpaired) electrons. The van der Waals surface area contributed by atoms with E-state index in [-0.39, 0.29) is 11.9 Å². The Morgan fingerprint density at radius 2 is 2.08 bits per heavy atom. The van der Waals surface area contributed by atoms with Gasteiger partial charge in [0.2, 0.25) is 0 Å². The fourth-order valence-electron chi connectivity index (χ4n) is 3.91. The number of benzene rings is 2. The maximum absolute atomic E-state index is 14.9. The highest BCUT2D eigenvalue weighted by molar-refractivity contribution is 6.14. The molecule has 1 aliphatic heterocycles. The lowest BCUT2D eigenvalue weighted by molar-refractivity contribution is 0.188. The number of nitriles is 1. The fourth-order valence-corrected chi connectivity index (χ4v) is 3.91. The van der Waals surface area contributed by atoms with Gasteiger partial charge in [-0.15, -0.1) is 0 Å². The lowest BCUT2D eigenvalue weighted by Gasteiger charge is -2.34. The minimum absolute atomic E-state index is 0.250. The van der Waals surface area contributed by atoms with E-state index < -0.39 is 6.09 Å². The van der Waals surface area contributed by atoms with Crippen molar-refractivity contribution in [3.05, 3.63) is 42.2 Å². The van der Waals surface area contributed by atoms with E-state index in [4.69, 9.17) is 5.11 Å². The average molecular weight is 352 g/mol. The Kier molecular flexibility index (Phi) is 3.88. The number of piperidine rings is 1. The molecule has 2 aromatic carbocycles. The normalized spacial score (nSPS) is 17.4. The van der Waals surface area contributed by atoms with E-state index in [0.29, 0.717) is 29.7 Å². The summed E-state index contributed by atoms with van der Waals surface area (Å²) in [4.78, 5) is 12.8. The van der Waals surface area contributed by atoms with Crippen molar-refractivity contribution in [2.24, 2.45) is 0 Å². The third-order valence-electron chi connectivity index (χ3n) is 4.93. The first kappa shape index (κ1) is 16.2. The zero-order chi connectivity index (χ0) is 18.3. The number of halogens is 1. The van der Waals surface area contributed by atoms with Crippen molar-refractivity contribution >= 4 is 33.6 Å². The maximum Gasteiger partial charge on any atom is 0.404 e. The molecule has 0 bridgehead atoms. The Bertz CT molecular complexity index is 1050. The average Bonchev–Trinajstić information content (AvgIpc) is 2.95. The van der Waals surface area contributed by atoms with E-state index in [9.17, 15) is 14.4 Å². The number of rotatable bonds is 2. The van der Waals surface area contributed by atoms with Crippen molar-refractivity contribution in [3.8, 4) is 6.19 Å². The molecule has 3 aromatic rings. The molecule has 1 atom stereocenters. The molecule has 0 spiro atoms. The van der Waals surface area contributed by atoms with Gasteiger partial charge >= 0.3 is 6.09 Å². The van der Waals surface area contributed by atoms with E-state index in [1.807, 2.05) is 29.2 Å². The predicted octanol–water partition coefficient (Wildman–Crippen LogP) is 3.50. The van der Waals surface area contributed by atoms with Crippen LogP contribution >= 0.6 is 0 Å². The van der Waals surface area contributed by atoms with E-state index >= 15 is 0 Å². The second kappa shape index (κ2) is 6.23. The number of nitrogens with zero attached hydrogens (tertiary/aromatic N) is 3. The van der Waals surface area contributed by atoms with Crippen molar-refractivity contribution in [2.45, 2.75) is 18.9 Å². The molecule has 6 nitrogen and oxygen atoms in total. The topological polar surface area (TPSA) is 81.3 Å². The van der Waals surface area contributed by atoms with Crippen molar-refractivity contribution in [1.29, 1.82) is 5.26 Å². The second-order valence-corrected chi connectivity index (χ2v) is 6.48. The molecule has 1 aliphatic rings. The molecule has 2 N–H and O–H groups in total. The molecule has 0 saturated carbocycles. The summed E-state index contributed by atoms with van der Waals surface area (Å²) in [6, 6.07) is 10.2. The number of para-hydroxylation sites is 1. The lowest BCUT2D eigenvalue weighted by atomic mass is 10.0. The predicted molar refractivity (Wildman–Crippen MR) is 96.8 cm³/mol. The summed E-state index contributed by atoms with van der Waals surface area (Å²) >= 11 is 0. The zero-order valence-corrected chi connectivity index (χ0v) is 13.9. The quantitative estimate of drug-likeness (QED) is 0.740. The van der Waals surface area contributed by atoms with Crippen molar-refractivity contribution in [1.82, 2.24) is 9.88 Å². The van der Waals surface area contributed by atoms with Gasteiger partial charge in [0, 0.05) is 29.9 Å². The minimum Gasteiger partial charge on any atom is -0.465 e. The first-order valence-corrected chi connectivity index (χ1v) is 8.46. The third kappa shape index (κ3) is 2.51. The SMILES string of the molecule is N#Cn1c2ccccc2c2c(N3CCC[C@@H](NC(=O)O)C3)c(F)ccc21. The molecular formula is C19H17FN4O2. The van der Waals surface area contributed by atoms with E-state index in [2.05, 4.69) is 11.5 Å². The highest BCUT2D eigenvalue weighted by Crippen LogP contribution is 2.38. The third-order valence-corrected chi connectivity index (χ3v) is 4.93. The summed E-state index contributed by atoms with van der Waals surface area (Å²) in [5.74, 6) is -0.366. The number of amides is 1. The number of aromatic nitrogens is 1. The van der Waals surface area contributed by atoms with Crippen molar-refractivity contribution in [2.75, 3.05) is 18.0 Å². The Labute approximate surface area is 149 Å². The van der Waals surface area contributed by atoms with Crippen LogP contribution in [-0.2, 0) is 0 Å². The smallest absolute Gasteiger partial charge is 0.404 e. The summed E-state index contributed by atoms with van der Waals surface area (Å²) in [5, 5.41) is 22.5. The van der Waals surface area contributed by atoms with Crippen LogP contribution in [0.4, 0.5) is 14.9 Å². The largest absolute Gasteiger partial charge is 0.465 e. The summed E-state index contributed by atoms with van der Waals surface area (Å²) < 4.78 is 16.4. The second-order valence-electron chi connectivity index (χ2n) is 6.48. The molecule has 0 unspecified atom stereocenters. The van der Waals surface area contributed by atoms with Crippen LogP contribution in [0.2, 0.25) is 0 Å². The van der Waals surface area contributed by atoms with Crippen LogP contribution in [0, 0.1) is 17.3 Å². The minimum atomic E-state index is -1.07. The highest BCUT2D eigenvalue weighted by Gasteiger charge is 2.26. The molecule has 1 amide bonds. The molecule has 7 heteroatoms. The van der Waals surface area contributed by atoms with Gasteiger partial charge in [-0.3, -0.25) is 0 Å². The standard InChI is InChI=1S/C19H17FN4O2/c20-14-7-8-16-17(13-5-1-2-6-15(13)24(16)11-21)18(14)23-9-3-4-12(10-23)22-19(25)26/h1-2,5-8,12,22H,3-4,9-10H2,(H,25,26)/t12-/m1/s1. The molecule has 132 valence electrons. The van der Waals surface area contributed by atoms with E-state index in [0.717, 1.165) is 23.7 Å². The number of hydrogen-bond acceptors (Lipinski definition) is 3. The molecule has 26 heavy (non-hydrogen) atoms. The molecule has 0 aliphatic carbocycles. The molecule has 1 saturated heterocycles. The monoisotopic (exact) mass is 352 g/mol. The highest BCUT2D eigenvalue weighted by atomic mass is 19.1. The Morgan fingerprint density at radius 3 is 2.85 bits per heavy atom. The Balaban J connectivity index is 1.91. The van der Waals surface area contributed by atoms with Gasteiger partial charge in [0.1, 0.15) is 5.82 Å². The first-order valence-electron chi connectivity index (χ1n) is 8.46. The van der Waals surface area contributed by atoms with Crippen LogP contribution in [0.15, 0.2) is 36.4 Å². The van der Waals surface area contributed by atoms with Gasteiger partial charge < -0.3 is 15.3 Å². The van der Waals surface area contributed by atoms with Gasteiger partial charge in [0.05, 0.1) is 16.7 Å². The van der Waals surface area contributed by atoms with Crippen LogP contribution in [0.25, 0.3) is 21.8 Å². The molecule has 1 fully saturated rings. The van der Waals surface area contributed by atoms with Crippen molar-refractivity contribution in [3.63, 3.8) is 0 Å². The van der Waals surface area contributed by atoms with Gasteiger partial charge in [-0.05, 0) is 31.0 Å². The Morgan fingerprint density at radius 1 is 1.27 bits per heavy atom.